The van der Waals surface area contributed by atoms with Crippen LogP contribution in [0.2, 0.25) is 0 Å². The largest absolute Gasteiger partial charge is 0.352 e. The van der Waals surface area contributed by atoms with Crippen LogP contribution in [0.25, 0.3) is 10.9 Å². The van der Waals surface area contributed by atoms with Crippen LogP contribution in [0, 0.1) is 0 Å². The molecule has 0 aliphatic heterocycles. The second-order valence-corrected chi connectivity index (χ2v) is 5.24. The highest BCUT2D eigenvalue weighted by Gasteiger charge is 2.06. The van der Waals surface area contributed by atoms with E-state index in [1.54, 1.807) is 0 Å². The molecule has 0 unspecified atom stereocenters. The number of pyridine rings is 1. The van der Waals surface area contributed by atoms with E-state index in [4.69, 9.17) is 0 Å². The number of para-hydroxylation sites is 1. The Bertz CT molecular complexity index is 649. The fraction of sp³-hybridized carbons (Fsp3) is 0.333. The standard InChI is InChI=1S/C18H24N4.HI/c1-4-5-8-13-22(3)18(19-2)21-14-15-11-12-20-17-10-7-6-9-16(15)17;/h4,6-7,9-12H,1,5,8,13-14H2,2-3H3,(H,19,21);1H. The average molecular weight is 424 g/mol. The number of guanidine groups is 1. The highest BCUT2D eigenvalue weighted by Crippen LogP contribution is 2.15. The first-order valence-electron chi connectivity index (χ1n) is 7.61. The van der Waals surface area contributed by atoms with Crippen molar-refractivity contribution in [3.63, 3.8) is 0 Å². The molecule has 1 aromatic carbocycles. The van der Waals surface area contributed by atoms with Crippen molar-refractivity contribution in [1.82, 2.24) is 15.2 Å². The number of allylic oxidation sites excluding steroid dienone is 1. The zero-order valence-electron chi connectivity index (χ0n) is 13.8. The Balaban J connectivity index is 0.00000264. The minimum Gasteiger partial charge on any atom is -0.352 e. The SMILES string of the molecule is C=CCCCN(C)C(=NC)NCc1ccnc2ccccc12.I. The summed E-state index contributed by atoms with van der Waals surface area (Å²) in [5, 5.41) is 4.61. The van der Waals surface area contributed by atoms with Crippen molar-refractivity contribution in [3.05, 3.63) is 54.7 Å². The molecule has 0 bridgehead atoms. The van der Waals surface area contributed by atoms with Crippen molar-refractivity contribution >= 4 is 40.8 Å². The van der Waals surface area contributed by atoms with Crippen LogP contribution in [0.15, 0.2) is 54.2 Å². The highest BCUT2D eigenvalue weighted by molar-refractivity contribution is 14.0. The van der Waals surface area contributed by atoms with Crippen LogP contribution in [0.5, 0.6) is 0 Å². The Morgan fingerprint density at radius 1 is 1.35 bits per heavy atom. The predicted octanol–water partition coefficient (Wildman–Crippen LogP) is 3.83. The van der Waals surface area contributed by atoms with Crippen molar-refractivity contribution in [2.75, 3.05) is 20.6 Å². The van der Waals surface area contributed by atoms with Crippen LogP contribution in [0.3, 0.4) is 0 Å². The van der Waals surface area contributed by atoms with Crippen LogP contribution < -0.4 is 5.32 Å². The van der Waals surface area contributed by atoms with Gasteiger partial charge in [-0.05, 0) is 30.5 Å². The van der Waals surface area contributed by atoms with Crippen molar-refractivity contribution in [1.29, 1.82) is 0 Å². The van der Waals surface area contributed by atoms with Gasteiger partial charge in [-0.1, -0.05) is 24.3 Å². The van der Waals surface area contributed by atoms with Gasteiger partial charge in [-0.25, -0.2) is 0 Å². The fourth-order valence-corrected chi connectivity index (χ4v) is 2.45. The average Bonchev–Trinajstić information content (AvgIpc) is 2.56. The number of nitrogens with one attached hydrogen (secondary N) is 1. The van der Waals surface area contributed by atoms with Crippen molar-refractivity contribution in [2.45, 2.75) is 19.4 Å². The number of aromatic nitrogens is 1. The normalized spacial score (nSPS) is 11.0. The summed E-state index contributed by atoms with van der Waals surface area (Å²) in [7, 11) is 3.88. The minimum atomic E-state index is 0. The molecule has 0 aliphatic rings. The third kappa shape index (κ3) is 5.49. The van der Waals surface area contributed by atoms with Crippen molar-refractivity contribution in [3.8, 4) is 0 Å². The number of rotatable bonds is 6. The Kier molecular flexibility index (Phi) is 8.61. The van der Waals surface area contributed by atoms with Crippen LogP contribution in [0.1, 0.15) is 18.4 Å². The molecule has 23 heavy (non-hydrogen) atoms. The highest BCUT2D eigenvalue weighted by atomic mass is 127. The zero-order valence-corrected chi connectivity index (χ0v) is 16.2. The molecule has 0 saturated heterocycles. The van der Waals surface area contributed by atoms with Gasteiger partial charge in [0.2, 0.25) is 0 Å². The molecule has 5 heteroatoms. The second-order valence-electron chi connectivity index (χ2n) is 5.24. The zero-order chi connectivity index (χ0) is 15.8. The van der Waals surface area contributed by atoms with E-state index in [-0.39, 0.29) is 24.0 Å². The molecule has 0 radical (unpaired) electrons. The molecule has 0 spiro atoms. The van der Waals surface area contributed by atoms with Gasteiger partial charge in [-0.3, -0.25) is 9.98 Å². The predicted molar refractivity (Wildman–Crippen MR) is 109 cm³/mol. The van der Waals surface area contributed by atoms with Gasteiger partial charge in [0.15, 0.2) is 5.96 Å². The molecule has 0 amide bonds. The van der Waals surface area contributed by atoms with Crippen molar-refractivity contribution in [2.24, 2.45) is 4.99 Å². The molecular formula is C18H25IN4. The van der Waals surface area contributed by atoms with Crippen molar-refractivity contribution < 1.29 is 0 Å². The van der Waals surface area contributed by atoms with Crippen LogP contribution >= 0.6 is 24.0 Å². The summed E-state index contributed by atoms with van der Waals surface area (Å²) >= 11 is 0. The molecule has 0 aliphatic carbocycles. The lowest BCUT2D eigenvalue weighted by atomic mass is 10.1. The van der Waals surface area contributed by atoms with E-state index in [1.165, 1.54) is 10.9 Å². The maximum atomic E-state index is 4.40. The number of benzene rings is 1. The fourth-order valence-electron chi connectivity index (χ4n) is 2.45. The number of halogens is 1. The second kappa shape index (κ2) is 10.2. The van der Waals surface area contributed by atoms with Gasteiger partial charge in [0.25, 0.3) is 0 Å². The number of hydrogen-bond donors (Lipinski definition) is 1. The molecule has 1 aromatic heterocycles. The number of unbranched alkanes of at least 4 members (excludes halogenated alkanes) is 1. The molecule has 0 saturated carbocycles. The minimum absolute atomic E-state index is 0. The van der Waals surface area contributed by atoms with E-state index >= 15 is 0 Å². The van der Waals surface area contributed by atoms with Gasteiger partial charge < -0.3 is 10.2 Å². The van der Waals surface area contributed by atoms with Gasteiger partial charge in [0.05, 0.1) is 5.52 Å². The van der Waals surface area contributed by atoms with Crippen LogP contribution in [0.4, 0.5) is 0 Å². The van der Waals surface area contributed by atoms with Crippen LogP contribution in [-0.2, 0) is 6.54 Å². The summed E-state index contributed by atoms with van der Waals surface area (Å²) in [6, 6.07) is 10.3. The van der Waals surface area contributed by atoms with Gasteiger partial charge >= 0.3 is 0 Å². The van der Waals surface area contributed by atoms with E-state index < -0.39 is 0 Å². The number of hydrogen-bond acceptors (Lipinski definition) is 2. The van der Waals surface area contributed by atoms with E-state index in [2.05, 4.69) is 46.0 Å². The summed E-state index contributed by atoms with van der Waals surface area (Å²) in [5.41, 5.74) is 2.25. The first-order chi connectivity index (χ1) is 10.8. The third-order valence-electron chi connectivity index (χ3n) is 3.65. The van der Waals surface area contributed by atoms with Gasteiger partial charge in [-0.15, -0.1) is 30.6 Å². The molecule has 4 nitrogen and oxygen atoms in total. The topological polar surface area (TPSA) is 40.5 Å². The number of nitrogens with zero attached hydrogens (tertiary/aromatic N) is 3. The molecule has 0 atom stereocenters. The first-order valence-corrected chi connectivity index (χ1v) is 7.61. The molecule has 1 N–H and O–H groups in total. The molecule has 1 heterocycles. The summed E-state index contributed by atoms with van der Waals surface area (Å²) < 4.78 is 0. The van der Waals surface area contributed by atoms with E-state index in [0.717, 1.165) is 37.4 Å². The van der Waals surface area contributed by atoms with E-state index in [0.29, 0.717) is 0 Å². The number of aliphatic imine (C=N–C) groups is 1. The summed E-state index contributed by atoms with van der Waals surface area (Å²) in [5.74, 6) is 0.907. The quantitative estimate of drug-likeness (QED) is 0.252. The van der Waals surface area contributed by atoms with Crippen LogP contribution in [-0.4, -0.2) is 36.5 Å². The summed E-state index contributed by atoms with van der Waals surface area (Å²) in [6.45, 7) is 5.46. The Labute approximate surface area is 155 Å². The monoisotopic (exact) mass is 424 g/mol. The van der Waals surface area contributed by atoms with Gasteiger partial charge in [0, 0.05) is 38.8 Å². The van der Waals surface area contributed by atoms with Gasteiger partial charge in [-0.2, -0.15) is 0 Å². The molecule has 124 valence electrons. The third-order valence-corrected chi connectivity index (χ3v) is 3.65. The maximum Gasteiger partial charge on any atom is 0.193 e. The lowest BCUT2D eigenvalue weighted by molar-refractivity contribution is 0.470. The van der Waals surface area contributed by atoms with E-state index in [9.17, 15) is 0 Å². The molecule has 2 aromatic rings. The van der Waals surface area contributed by atoms with E-state index in [1.807, 2.05) is 37.5 Å². The summed E-state index contributed by atoms with van der Waals surface area (Å²) in [4.78, 5) is 10.9. The Hall–Kier alpha value is -1.63. The molecule has 2 rings (SSSR count). The maximum absolute atomic E-state index is 4.40. The molecular weight excluding hydrogens is 399 g/mol. The molecule has 0 fully saturated rings. The smallest absolute Gasteiger partial charge is 0.193 e. The summed E-state index contributed by atoms with van der Waals surface area (Å²) in [6.07, 6.45) is 5.91. The number of fused-ring (bicyclic) bond motifs is 1. The Morgan fingerprint density at radius 2 is 2.13 bits per heavy atom. The lowest BCUT2D eigenvalue weighted by Gasteiger charge is -2.22. The van der Waals surface area contributed by atoms with Gasteiger partial charge in [0.1, 0.15) is 0 Å². The lowest BCUT2D eigenvalue weighted by Crippen LogP contribution is -2.39. The first kappa shape index (κ1) is 19.4. The Morgan fingerprint density at radius 3 is 2.87 bits per heavy atom.